The topological polar surface area (TPSA) is 46.2 Å². The van der Waals surface area contributed by atoms with Crippen LogP contribution in [0, 0.1) is 17.5 Å². The van der Waals surface area contributed by atoms with Crippen molar-refractivity contribution in [1.82, 2.24) is 0 Å². The summed E-state index contributed by atoms with van der Waals surface area (Å²) >= 11 is 0. The van der Waals surface area contributed by atoms with Crippen molar-refractivity contribution in [2.45, 2.75) is 6.04 Å². The van der Waals surface area contributed by atoms with Crippen LogP contribution in [0.1, 0.15) is 11.6 Å². The first-order valence-corrected chi connectivity index (χ1v) is 3.67. The predicted molar refractivity (Wildman–Crippen MR) is 48.1 cm³/mol. The molecular formula is C8H8ClF4NO. The summed E-state index contributed by atoms with van der Waals surface area (Å²) in [6.07, 6.45) is 0. The number of nitrogens with two attached hydrogens (primary N) is 1. The molecule has 1 aromatic rings. The molecule has 15 heavy (non-hydrogen) atoms. The van der Waals surface area contributed by atoms with E-state index in [1.807, 2.05) is 0 Å². The lowest BCUT2D eigenvalue weighted by molar-refractivity contribution is 0.376. The highest BCUT2D eigenvalue weighted by atomic mass is 35.5. The number of hydrogen-bond donors (Lipinski definition) is 2. The van der Waals surface area contributed by atoms with Crippen LogP contribution >= 0.6 is 12.4 Å². The van der Waals surface area contributed by atoms with Crippen molar-refractivity contribution >= 4 is 12.4 Å². The zero-order valence-electron chi connectivity index (χ0n) is 7.31. The van der Waals surface area contributed by atoms with Gasteiger partial charge in [-0.05, 0) is 0 Å². The molecule has 2 nitrogen and oxygen atoms in total. The van der Waals surface area contributed by atoms with Crippen molar-refractivity contribution in [3.05, 3.63) is 29.1 Å². The van der Waals surface area contributed by atoms with Crippen molar-refractivity contribution < 1.29 is 22.7 Å². The van der Waals surface area contributed by atoms with Crippen molar-refractivity contribution in [3.63, 3.8) is 0 Å². The summed E-state index contributed by atoms with van der Waals surface area (Å²) in [7, 11) is 0. The maximum atomic E-state index is 12.9. The molecular weight excluding hydrogens is 238 g/mol. The minimum absolute atomic E-state index is 0. The second-order valence-corrected chi connectivity index (χ2v) is 2.68. The number of halogens is 5. The lowest BCUT2D eigenvalue weighted by atomic mass is 10.1. The highest BCUT2D eigenvalue weighted by molar-refractivity contribution is 5.85. The smallest absolute Gasteiger partial charge is 0.195 e. The Kier molecular flexibility index (Phi) is 4.83. The number of benzene rings is 1. The fourth-order valence-corrected chi connectivity index (χ4v) is 1.03. The molecule has 0 aliphatic rings. The number of phenols is 1. The van der Waals surface area contributed by atoms with Crippen LogP contribution in [0.25, 0.3) is 0 Å². The zero-order valence-corrected chi connectivity index (χ0v) is 8.12. The monoisotopic (exact) mass is 245 g/mol. The molecule has 0 spiro atoms. The Morgan fingerprint density at radius 1 is 1.27 bits per heavy atom. The summed E-state index contributed by atoms with van der Waals surface area (Å²) in [6.45, 7) is -1.18. The Morgan fingerprint density at radius 3 is 2.27 bits per heavy atom. The van der Waals surface area contributed by atoms with Gasteiger partial charge >= 0.3 is 0 Å². The molecule has 1 atom stereocenters. The third kappa shape index (κ3) is 2.51. The molecule has 0 saturated carbocycles. The lowest BCUT2D eigenvalue weighted by Gasteiger charge is -2.11. The Bertz CT molecular complexity index is 361. The van der Waals surface area contributed by atoms with E-state index in [-0.39, 0.29) is 12.4 Å². The number of alkyl halides is 1. The molecule has 0 amide bonds. The van der Waals surface area contributed by atoms with Gasteiger partial charge in [0, 0.05) is 6.07 Å². The number of hydrogen-bond acceptors (Lipinski definition) is 2. The fourth-order valence-electron chi connectivity index (χ4n) is 1.03. The number of phenolic OH excluding ortho intramolecular Hbond substituents is 1. The Balaban J connectivity index is 0.00000196. The summed E-state index contributed by atoms with van der Waals surface area (Å²) in [5, 5.41) is 9.00. The van der Waals surface area contributed by atoms with E-state index >= 15 is 0 Å². The summed E-state index contributed by atoms with van der Waals surface area (Å²) in [4.78, 5) is 0. The van der Waals surface area contributed by atoms with Crippen LogP contribution in [-0.4, -0.2) is 11.8 Å². The maximum absolute atomic E-state index is 12.9. The summed E-state index contributed by atoms with van der Waals surface area (Å²) in [5.74, 6) is -5.88. The molecule has 1 rings (SSSR count). The second kappa shape index (κ2) is 5.18. The molecule has 0 heterocycles. The van der Waals surface area contributed by atoms with E-state index in [0.29, 0.717) is 6.07 Å². The van der Waals surface area contributed by atoms with Gasteiger partial charge in [-0.25, -0.2) is 17.6 Å². The minimum atomic E-state index is -1.78. The van der Waals surface area contributed by atoms with Gasteiger partial charge in [-0.15, -0.1) is 12.4 Å². The molecule has 1 aromatic carbocycles. The van der Waals surface area contributed by atoms with E-state index in [4.69, 9.17) is 10.8 Å². The first-order chi connectivity index (χ1) is 6.49. The summed E-state index contributed by atoms with van der Waals surface area (Å²) in [5.41, 5.74) is 4.29. The Morgan fingerprint density at radius 2 is 1.80 bits per heavy atom. The van der Waals surface area contributed by atoms with E-state index < -0.39 is 41.5 Å². The van der Waals surface area contributed by atoms with E-state index in [9.17, 15) is 17.6 Å². The van der Waals surface area contributed by atoms with Crippen molar-refractivity contribution in [2.75, 3.05) is 6.67 Å². The van der Waals surface area contributed by atoms with Gasteiger partial charge in [0.25, 0.3) is 0 Å². The largest absolute Gasteiger partial charge is 0.507 e. The first kappa shape index (κ1) is 14.0. The van der Waals surface area contributed by atoms with Crippen LogP contribution < -0.4 is 5.73 Å². The van der Waals surface area contributed by atoms with Crippen LogP contribution in [0.15, 0.2) is 6.07 Å². The van der Waals surface area contributed by atoms with Gasteiger partial charge in [0.05, 0.1) is 11.6 Å². The Labute approximate surface area is 89.1 Å². The highest BCUT2D eigenvalue weighted by Crippen LogP contribution is 2.29. The lowest BCUT2D eigenvalue weighted by Crippen LogP contribution is -2.15. The summed E-state index contributed by atoms with van der Waals surface area (Å²) < 4.78 is 50.1. The van der Waals surface area contributed by atoms with Crippen molar-refractivity contribution in [1.29, 1.82) is 0 Å². The quantitative estimate of drug-likeness (QED) is 0.620. The zero-order chi connectivity index (χ0) is 10.9. The molecule has 0 aliphatic carbocycles. The van der Waals surface area contributed by atoms with Gasteiger partial charge in [-0.1, -0.05) is 0 Å². The molecule has 0 radical (unpaired) electrons. The normalized spacial score (nSPS) is 12.1. The van der Waals surface area contributed by atoms with E-state index in [2.05, 4.69) is 0 Å². The SMILES string of the molecule is Cl.N[C@H](CF)c1c(O)cc(F)c(F)c1F. The first-order valence-electron chi connectivity index (χ1n) is 3.67. The second-order valence-electron chi connectivity index (χ2n) is 2.68. The van der Waals surface area contributed by atoms with E-state index in [1.165, 1.54) is 0 Å². The average Bonchev–Trinajstić information content (AvgIpc) is 2.14. The van der Waals surface area contributed by atoms with Crippen LogP contribution in [0.4, 0.5) is 17.6 Å². The molecule has 86 valence electrons. The van der Waals surface area contributed by atoms with Gasteiger partial charge in [0.2, 0.25) is 0 Å². The number of aromatic hydroxyl groups is 1. The van der Waals surface area contributed by atoms with Gasteiger partial charge in [-0.3, -0.25) is 0 Å². The third-order valence-electron chi connectivity index (χ3n) is 1.72. The van der Waals surface area contributed by atoms with Crippen molar-refractivity contribution in [2.24, 2.45) is 5.73 Å². The molecule has 0 unspecified atom stereocenters. The highest BCUT2D eigenvalue weighted by Gasteiger charge is 2.22. The molecule has 7 heteroatoms. The average molecular weight is 246 g/mol. The Hall–Kier alpha value is -1.01. The van der Waals surface area contributed by atoms with Gasteiger partial charge in [0.1, 0.15) is 12.4 Å². The molecule has 0 bridgehead atoms. The maximum Gasteiger partial charge on any atom is 0.195 e. The predicted octanol–water partition coefficient (Wildman–Crippen LogP) is 2.20. The van der Waals surface area contributed by atoms with Crippen LogP contribution in [0.5, 0.6) is 5.75 Å². The van der Waals surface area contributed by atoms with Gasteiger partial charge < -0.3 is 10.8 Å². The van der Waals surface area contributed by atoms with E-state index in [0.717, 1.165) is 0 Å². The molecule has 0 aromatic heterocycles. The minimum Gasteiger partial charge on any atom is -0.507 e. The van der Waals surface area contributed by atoms with Crippen LogP contribution in [0.3, 0.4) is 0 Å². The molecule has 0 aliphatic heterocycles. The fraction of sp³-hybridized carbons (Fsp3) is 0.250. The standard InChI is InChI=1S/C8H7F4NO.ClH/c9-2-4(13)6-5(14)1-3(10)7(11)8(6)12;/h1,4,14H,2,13H2;1H/t4-;/m1./s1. The van der Waals surface area contributed by atoms with Crippen LogP contribution in [0.2, 0.25) is 0 Å². The number of rotatable bonds is 2. The van der Waals surface area contributed by atoms with Crippen LogP contribution in [-0.2, 0) is 0 Å². The molecule has 0 fully saturated rings. The van der Waals surface area contributed by atoms with E-state index in [1.54, 1.807) is 0 Å². The van der Waals surface area contributed by atoms with Crippen molar-refractivity contribution in [3.8, 4) is 5.75 Å². The van der Waals surface area contributed by atoms with Gasteiger partial charge in [-0.2, -0.15) is 0 Å². The summed E-state index contributed by atoms with van der Waals surface area (Å²) in [6, 6.07) is -1.16. The van der Waals surface area contributed by atoms with Gasteiger partial charge in [0.15, 0.2) is 17.5 Å². The molecule has 3 N–H and O–H groups in total. The molecule has 0 saturated heterocycles. The third-order valence-corrected chi connectivity index (χ3v) is 1.72.